The lowest BCUT2D eigenvalue weighted by Crippen LogP contribution is -2.25. The summed E-state index contributed by atoms with van der Waals surface area (Å²) >= 11 is 0. The van der Waals surface area contributed by atoms with Crippen molar-refractivity contribution in [2.45, 2.75) is 18.6 Å². The van der Waals surface area contributed by atoms with Crippen molar-refractivity contribution in [2.24, 2.45) is 0 Å². The fourth-order valence-corrected chi connectivity index (χ4v) is 2.34. The van der Waals surface area contributed by atoms with Crippen molar-refractivity contribution in [3.8, 4) is 17.2 Å². The Bertz CT molecular complexity index is 582. The van der Waals surface area contributed by atoms with Crippen molar-refractivity contribution < 1.29 is 19.7 Å². The summed E-state index contributed by atoms with van der Waals surface area (Å²) in [5.41, 5.74) is 0.559. The van der Waals surface area contributed by atoms with Gasteiger partial charge in [-0.2, -0.15) is 0 Å². The predicted octanol–water partition coefficient (Wildman–Crippen LogP) is 2.66. The normalized spacial score (nSPS) is 21.4. The van der Waals surface area contributed by atoms with Gasteiger partial charge >= 0.3 is 0 Å². The Balaban J connectivity index is 1.86. The monoisotopic (exact) mass is 272 g/mol. The van der Waals surface area contributed by atoms with Crippen LogP contribution in [-0.4, -0.2) is 22.9 Å². The lowest BCUT2D eigenvalue weighted by Gasteiger charge is -2.22. The summed E-state index contributed by atoms with van der Waals surface area (Å²) in [5.74, 6) is 1.40. The maximum atomic E-state index is 10.5. The van der Waals surface area contributed by atoms with Crippen LogP contribution >= 0.6 is 0 Å². The number of aliphatic hydroxyl groups excluding tert-OH is 1. The van der Waals surface area contributed by atoms with Crippen LogP contribution in [0.15, 0.2) is 48.5 Å². The zero-order chi connectivity index (χ0) is 13.9. The van der Waals surface area contributed by atoms with Gasteiger partial charge in [0.2, 0.25) is 0 Å². The average molecular weight is 272 g/mol. The lowest BCUT2D eigenvalue weighted by atomic mass is 10.0. The molecule has 2 atom stereocenters. The Morgan fingerprint density at radius 3 is 2.70 bits per heavy atom. The fraction of sp³-hybridized carbons (Fsp3) is 0.250. The third-order valence-electron chi connectivity index (χ3n) is 3.35. The fourth-order valence-electron chi connectivity index (χ4n) is 2.34. The second-order valence-corrected chi connectivity index (χ2v) is 4.77. The molecule has 0 aromatic heterocycles. The van der Waals surface area contributed by atoms with Gasteiger partial charge in [0.05, 0.1) is 6.61 Å². The van der Waals surface area contributed by atoms with Crippen LogP contribution in [0.5, 0.6) is 17.2 Å². The number of phenols is 1. The zero-order valence-electron chi connectivity index (χ0n) is 10.9. The highest BCUT2D eigenvalue weighted by Crippen LogP contribution is 2.35. The number of aliphatic hydroxyl groups is 1. The van der Waals surface area contributed by atoms with E-state index in [1.54, 1.807) is 12.1 Å². The number of hydrogen-bond acceptors (Lipinski definition) is 4. The number of hydrogen-bond donors (Lipinski definition) is 2. The van der Waals surface area contributed by atoms with E-state index in [4.69, 9.17) is 9.47 Å². The maximum Gasteiger partial charge on any atom is 0.132 e. The number of benzene rings is 2. The van der Waals surface area contributed by atoms with Gasteiger partial charge in [-0.05, 0) is 30.3 Å². The number of aromatic hydroxyl groups is 1. The van der Waals surface area contributed by atoms with Crippen LogP contribution in [0.3, 0.4) is 0 Å². The van der Waals surface area contributed by atoms with Crippen molar-refractivity contribution in [1.29, 1.82) is 0 Å². The molecule has 1 heterocycles. The van der Waals surface area contributed by atoms with Crippen molar-refractivity contribution in [3.05, 3.63) is 54.1 Å². The zero-order valence-corrected chi connectivity index (χ0v) is 10.9. The molecule has 0 amide bonds. The lowest BCUT2D eigenvalue weighted by molar-refractivity contribution is 0.0312. The van der Waals surface area contributed by atoms with Crippen molar-refractivity contribution in [3.63, 3.8) is 0 Å². The third-order valence-corrected chi connectivity index (χ3v) is 3.35. The van der Waals surface area contributed by atoms with Crippen LogP contribution in [0.2, 0.25) is 0 Å². The molecule has 4 nitrogen and oxygen atoms in total. The molecule has 104 valence electrons. The van der Waals surface area contributed by atoms with E-state index in [1.165, 1.54) is 6.07 Å². The molecule has 4 heteroatoms. The molecular formula is C16H16O4. The largest absolute Gasteiger partial charge is 0.508 e. The Morgan fingerprint density at radius 2 is 1.90 bits per heavy atom. The van der Waals surface area contributed by atoms with E-state index in [1.807, 2.05) is 30.3 Å². The summed E-state index contributed by atoms with van der Waals surface area (Å²) in [6.45, 7) is 0.465. The van der Waals surface area contributed by atoms with Crippen LogP contribution in [0, 0.1) is 0 Å². The van der Waals surface area contributed by atoms with Gasteiger partial charge in [0.15, 0.2) is 0 Å². The number of fused-ring (bicyclic) bond motifs is 1. The molecule has 0 spiro atoms. The smallest absolute Gasteiger partial charge is 0.132 e. The topological polar surface area (TPSA) is 58.9 Å². The van der Waals surface area contributed by atoms with Crippen LogP contribution in [0.25, 0.3) is 0 Å². The molecule has 20 heavy (non-hydrogen) atoms. The average Bonchev–Trinajstić information content (AvgIpc) is 2.61. The summed E-state index contributed by atoms with van der Waals surface area (Å²) in [6, 6.07) is 14.1. The van der Waals surface area contributed by atoms with Gasteiger partial charge in [0.1, 0.15) is 29.5 Å². The molecule has 0 bridgehead atoms. The molecule has 2 aromatic rings. The van der Waals surface area contributed by atoms with E-state index in [2.05, 4.69) is 0 Å². The quantitative estimate of drug-likeness (QED) is 0.882. The number of phenolic OH excluding ortho intramolecular Hbond substituents is 1. The standard InChI is InChI=1S/C16H16O4/c17-11-6-7-14-13(10-11)16(18)15(8-9-19-14)20-12-4-2-1-3-5-12/h1-7,10,15-18H,8-9H2. The number of ether oxygens (including phenoxy) is 2. The molecule has 0 aliphatic carbocycles. The number of rotatable bonds is 2. The second kappa shape index (κ2) is 5.43. The van der Waals surface area contributed by atoms with E-state index in [0.29, 0.717) is 30.1 Å². The Morgan fingerprint density at radius 1 is 1.10 bits per heavy atom. The van der Waals surface area contributed by atoms with Gasteiger partial charge in [-0.15, -0.1) is 0 Å². The van der Waals surface area contributed by atoms with Crippen LogP contribution < -0.4 is 9.47 Å². The van der Waals surface area contributed by atoms with Gasteiger partial charge < -0.3 is 19.7 Å². The third kappa shape index (κ3) is 2.56. The van der Waals surface area contributed by atoms with E-state index in [0.717, 1.165) is 0 Å². The first-order valence-corrected chi connectivity index (χ1v) is 6.59. The van der Waals surface area contributed by atoms with E-state index in [-0.39, 0.29) is 5.75 Å². The van der Waals surface area contributed by atoms with Gasteiger partial charge in [-0.3, -0.25) is 0 Å². The minimum absolute atomic E-state index is 0.103. The highest BCUT2D eigenvalue weighted by atomic mass is 16.5. The first kappa shape index (κ1) is 12.8. The molecule has 1 aliphatic heterocycles. The van der Waals surface area contributed by atoms with Crippen LogP contribution in [0.4, 0.5) is 0 Å². The highest BCUT2D eigenvalue weighted by molar-refractivity contribution is 5.42. The summed E-state index contributed by atoms with van der Waals surface area (Å²) in [5, 5.41) is 20.0. The molecule has 2 unspecified atom stereocenters. The van der Waals surface area contributed by atoms with E-state index in [9.17, 15) is 10.2 Å². The second-order valence-electron chi connectivity index (χ2n) is 4.77. The minimum atomic E-state index is -0.834. The maximum absolute atomic E-state index is 10.5. The molecule has 2 N–H and O–H groups in total. The molecule has 3 rings (SSSR count). The number of para-hydroxylation sites is 1. The molecule has 0 saturated heterocycles. The van der Waals surface area contributed by atoms with Gasteiger partial charge in [-0.25, -0.2) is 0 Å². The minimum Gasteiger partial charge on any atom is -0.508 e. The first-order chi connectivity index (χ1) is 9.74. The Labute approximate surface area is 117 Å². The van der Waals surface area contributed by atoms with Crippen molar-refractivity contribution in [2.75, 3.05) is 6.61 Å². The van der Waals surface area contributed by atoms with Crippen LogP contribution in [-0.2, 0) is 0 Å². The molecule has 0 radical (unpaired) electrons. The first-order valence-electron chi connectivity index (χ1n) is 6.59. The Kier molecular flexibility index (Phi) is 3.48. The summed E-state index contributed by atoms with van der Waals surface area (Å²) in [4.78, 5) is 0. The summed E-state index contributed by atoms with van der Waals surface area (Å²) < 4.78 is 11.4. The SMILES string of the molecule is Oc1ccc2c(c1)C(O)C(Oc1ccccc1)CCO2. The molecule has 1 aliphatic rings. The molecule has 0 fully saturated rings. The molecule has 2 aromatic carbocycles. The van der Waals surface area contributed by atoms with Crippen LogP contribution in [0.1, 0.15) is 18.1 Å². The molecule has 0 saturated carbocycles. The van der Waals surface area contributed by atoms with E-state index >= 15 is 0 Å². The Hall–Kier alpha value is -2.20. The van der Waals surface area contributed by atoms with Crippen molar-refractivity contribution >= 4 is 0 Å². The van der Waals surface area contributed by atoms with Gasteiger partial charge in [0, 0.05) is 12.0 Å². The predicted molar refractivity (Wildman–Crippen MR) is 74.0 cm³/mol. The van der Waals surface area contributed by atoms with Crippen molar-refractivity contribution in [1.82, 2.24) is 0 Å². The summed E-state index contributed by atoms with van der Waals surface area (Å²) in [7, 11) is 0. The van der Waals surface area contributed by atoms with E-state index < -0.39 is 12.2 Å². The highest BCUT2D eigenvalue weighted by Gasteiger charge is 2.29. The van der Waals surface area contributed by atoms with Gasteiger partial charge in [-0.1, -0.05) is 18.2 Å². The van der Waals surface area contributed by atoms with Gasteiger partial charge in [0.25, 0.3) is 0 Å². The molecular weight excluding hydrogens is 256 g/mol. The summed E-state index contributed by atoms with van der Waals surface area (Å²) in [6.07, 6.45) is -0.661.